The number of hydrogen-bond donors (Lipinski definition) is 1. The molecule has 0 saturated carbocycles. The molecule has 1 aliphatic heterocycles. The fourth-order valence-corrected chi connectivity index (χ4v) is 3.67. The summed E-state index contributed by atoms with van der Waals surface area (Å²) in [4.78, 5) is 14.0. The second kappa shape index (κ2) is 8.07. The first-order valence-corrected chi connectivity index (χ1v) is 9.91. The summed E-state index contributed by atoms with van der Waals surface area (Å²) in [7, 11) is 0. The molecule has 1 aliphatic rings. The lowest BCUT2D eigenvalue weighted by atomic mass is 10.2. The molecule has 1 saturated heterocycles. The Labute approximate surface area is 171 Å². The molecule has 0 radical (unpaired) electrons. The first-order chi connectivity index (χ1) is 13.6. The average molecular weight is 394 g/mol. The Morgan fingerprint density at radius 3 is 2.32 bits per heavy atom. The van der Waals surface area contributed by atoms with Crippen LogP contribution < -0.4 is 15.1 Å². The number of aromatic nitrogens is 2. The summed E-state index contributed by atoms with van der Waals surface area (Å²) < 4.78 is 0. The van der Waals surface area contributed by atoms with Gasteiger partial charge in [0.1, 0.15) is 17.5 Å². The minimum absolute atomic E-state index is 0.744. The number of halogens is 1. The SMILES string of the molecule is Cc1nc(Nc2cccc(Cl)c2C)cc(N2CCN(c3ccccc3)CC2)n1. The Morgan fingerprint density at radius 1 is 0.857 bits per heavy atom. The van der Waals surface area contributed by atoms with E-state index in [-0.39, 0.29) is 0 Å². The van der Waals surface area contributed by atoms with Gasteiger partial charge in [0.05, 0.1) is 0 Å². The van der Waals surface area contributed by atoms with E-state index in [9.17, 15) is 0 Å². The molecule has 144 valence electrons. The van der Waals surface area contributed by atoms with Crippen LogP contribution in [-0.4, -0.2) is 36.1 Å². The van der Waals surface area contributed by atoms with E-state index in [1.54, 1.807) is 0 Å². The maximum Gasteiger partial charge on any atom is 0.136 e. The number of rotatable bonds is 4. The normalized spacial score (nSPS) is 14.2. The van der Waals surface area contributed by atoms with Gasteiger partial charge in [-0.3, -0.25) is 0 Å². The molecule has 1 fully saturated rings. The van der Waals surface area contributed by atoms with Crippen LogP contribution in [0.3, 0.4) is 0 Å². The Balaban J connectivity index is 1.49. The maximum absolute atomic E-state index is 6.24. The van der Waals surface area contributed by atoms with E-state index in [2.05, 4.69) is 55.4 Å². The minimum Gasteiger partial charge on any atom is -0.368 e. The van der Waals surface area contributed by atoms with Crippen molar-refractivity contribution in [2.45, 2.75) is 13.8 Å². The van der Waals surface area contributed by atoms with Gasteiger partial charge in [0.25, 0.3) is 0 Å². The van der Waals surface area contributed by atoms with Gasteiger partial charge in [-0.25, -0.2) is 9.97 Å². The zero-order valence-corrected chi connectivity index (χ0v) is 16.9. The van der Waals surface area contributed by atoms with E-state index in [0.29, 0.717) is 0 Å². The summed E-state index contributed by atoms with van der Waals surface area (Å²) in [5, 5.41) is 4.14. The maximum atomic E-state index is 6.24. The molecule has 5 nitrogen and oxygen atoms in total. The van der Waals surface area contributed by atoms with E-state index in [4.69, 9.17) is 11.6 Å². The lowest BCUT2D eigenvalue weighted by molar-refractivity contribution is 0.646. The van der Waals surface area contributed by atoms with E-state index in [0.717, 1.165) is 59.9 Å². The molecule has 0 bridgehead atoms. The van der Waals surface area contributed by atoms with Gasteiger partial charge < -0.3 is 15.1 Å². The summed E-state index contributed by atoms with van der Waals surface area (Å²) in [5.74, 6) is 2.51. The molecule has 6 heteroatoms. The monoisotopic (exact) mass is 393 g/mol. The second-order valence-electron chi connectivity index (χ2n) is 7.01. The van der Waals surface area contributed by atoms with Crippen LogP contribution in [0.25, 0.3) is 0 Å². The predicted molar refractivity (Wildman–Crippen MR) is 117 cm³/mol. The highest BCUT2D eigenvalue weighted by atomic mass is 35.5. The van der Waals surface area contributed by atoms with Crippen LogP contribution >= 0.6 is 11.6 Å². The molecular weight excluding hydrogens is 370 g/mol. The Bertz CT molecular complexity index is 952. The fourth-order valence-electron chi connectivity index (χ4n) is 3.49. The standard InChI is InChI=1S/C22H24ClN5/c1-16-19(23)9-6-10-20(16)26-21-15-22(25-17(2)24-21)28-13-11-27(12-14-28)18-7-4-3-5-8-18/h3-10,15H,11-14H2,1-2H3,(H,24,25,26). The van der Waals surface area contributed by atoms with Gasteiger partial charge in [-0.1, -0.05) is 35.9 Å². The van der Waals surface area contributed by atoms with Crippen LogP contribution in [0.15, 0.2) is 54.6 Å². The minimum atomic E-state index is 0.744. The number of nitrogens with zero attached hydrogens (tertiary/aromatic N) is 4. The van der Waals surface area contributed by atoms with Crippen LogP contribution in [0.2, 0.25) is 5.02 Å². The molecule has 0 amide bonds. The van der Waals surface area contributed by atoms with Gasteiger partial charge in [-0.2, -0.15) is 0 Å². The van der Waals surface area contributed by atoms with Crippen molar-refractivity contribution in [3.8, 4) is 0 Å². The topological polar surface area (TPSA) is 44.3 Å². The number of aryl methyl sites for hydroxylation is 1. The highest BCUT2D eigenvalue weighted by molar-refractivity contribution is 6.31. The van der Waals surface area contributed by atoms with Crippen molar-refractivity contribution in [3.63, 3.8) is 0 Å². The fraction of sp³-hybridized carbons (Fsp3) is 0.273. The third-order valence-corrected chi connectivity index (χ3v) is 5.49. The van der Waals surface area contributed by atoms with Crippen molar-refractivity contribution in [2.24, 2.45) is 0 Å². The molecule has 1 N–H and O–H groups in total. The molecular formula is C22H24ClN5. The van der Waals surface area contributed by atoms with Crippen LogP contribution in [0.5, 0.6) is 0 Å². The van der Waals surface area contributed by atoms with Crippen molar-refractivity contribution in [2.75, 3.05) is 41.3 Å². The smallest absolute Gasteiger partial charge is 0.136 e. The first-order valence-electron chi connectivity index (χ1n) is 9.53. The van der Waals surface area contributed by atoms with Crippen LogP contribution in [0.4, 0.5) is 23.0 Å². The molecule has 2 aromatic carbocycles. The third kappa shape index (κ3) is 4.04. The molecule has 3 aromatic rings. The van der Waals surface area contributed by atoms with Crippen molar-refractivity contribution in [3.05, 3.63) is 71.0 Å². The highest BCUT2D eigenvalue weighted by Crippen LogP contribution is 2.27. The summed E-state index contributed by atoms with van der Waals surface area (Å²) in [5.41, 5.74) is 3.25. The van der Waals surface area contributed by atoms with Gasteiger partial charge >= 0.3 is 0 Å². The Morgan fingerprint density at radius 2 is 1.57 bits per heavy atom. The van der Waals surface area contributed by atoms with Crippen molar-refractivity contribution < 1.29 is 0 Å². The van der Waals surface area contributed by atoms with Crippen molar-refractivity contribution >= 4 is 34.6 Å². The molecule has 0 atom stereocenters. The average Bonchev–Trinajstić information content (AvgIpc) is 2.72. The third-order valence-electron chi connectivity index (χ3n) is 5.08. The highest BCUT2D eigenvalue weighted by Gasteiger charge is 2.19. The van der Waals surface area contributed by atoms with Gasteiger partial charge in [-0.15, -0.1) is 0 Å². The number of para-hydroxylation sites is 1. The summed E-state index contributed by atoms with van der Waals surface area (Å²) >= 11 is 6.24. The zero-order valence-electron chi connectivity index (χ0n) is 16.2. The van der Waals surface area contributed by atoms with E-state index in [1.807, 2.05) is 38.1 Å². The van der Waals surface area contributed by atoms with E-state index >= 15 is 0 Å². The van der Waals surface area contributed by atoms with Crippen LogP contribution in [0, 0.1) is 13.8 Å². The number of hydrogen-bond acceptors (Lipinski definition) is 5. The van der Waals surface area contributed by atoms with Gasteiger partial charge in [0.2, 0.25) is 0 Å². The van der Waals surface area contributed by atoms with Crippen molar-refractivity contribution in [1.29, 1.82) is 0 Å². The number of anilines is 4. The summed E-state index contributed by atoms with van der Waals surface area (Å²) in [6.07, 6.45) is 0. The molecule has 1 aromatic heterocycles. The van der Waals surface area contributed by atoms with Crippen LogP contribution in [0.1, 0.15) is 11.4 Å². The van der Waals surface area contributed by atoms with E-state index in [1.165, 1.54) is 5.69 Å². The second-order valence-corrected chi connectivity index (χ2v) is 7.41. The van der Waals surface area contributed by atoms with Gasteiger partial charge in [0, 0.05) is 48.6 Å². The summed E-state index contributed by atoms with van der Waals surface area (Å²) in [6, 6.07) is 18.4. The van der Waals surface area contributed by atoms with Crippen LogP contribution in [-0.2, 0) is 0 Å². The molecule has 0 spiro atoms. The Hall–Kier alpha value is -2.79. The Kier molecular flexibility index (Phi) is 5.35. The van der Waals surface area contributed by atoms with Gasteiger partial charge in [0.15, 0.2) is 0 Å². The molecule has 0 aliphatic carbocycles. The predicted octanol–water partition coefficient (Wildman–Crippen LogP) is 4.82. The molecule has 28 heavy (non-hydrogen) atoms. The number of benzene rings is 2. The molecule has 2 heterocycles. The van der Waals surface area contributed by atoms with Crippen molar-refractivity contribution in [1.82, 2.24) is 9.97 Å². The molecule has 4 rings (SSSR count). The number of nitrogens with one attached hydrogen (secondary N) is 1. The number of piperazine rings is 1. The first kappa shape index (κ1) is 18.6. The van der Waals surface area contributed by atoms with E-state index < -0.39 is 0 Å². The molecule has 0 unspecified atom stereocenters. The largest absolute Gasteiger partial charge is 0.368 e. The zero-order chi connectivity index (χ0) is 19.5. The lowest BCUT2D eigenvalue weighted by Crippen LogP contribution is -2.46. The quantitative estimate of drug-likeness (QED) is 0.688. The summed E-state index contributed by atoms with van der Waals surface area (Å²) in [6.45, 7) is 7.75. The lowest BCUT2D eigenvalue weighted by Gasteiger charge is -2.36. The van der Waals surface area contributed by atoms with Gasteiger partial charge in [-0.05, 0) is 43.7 Å².